The first-order chi connectivity index (χ1) is 12.1. The van der Waals surface area contributed by atoms with Crippen molar-refractivity contribution in [2.45, 2.75) is 50.4 Å². The molecular formula is C21H25N3O. The van der Waals surface area contributed by atoms with Gasteiger partial charge in [-0.1, -0.05) is 18.2 Å². The molecule has 4 aliphatic rings. The molecule has 130 valence electrons. The Labute approximate surface area is 148 Å². The standard InChI is InChI=1S/C21H25N3O/c22-24-20(25)9-16-8-19(23-18-4-2-1-3-17(16)18)21-10-13-5-14(11-21)7-15(6-13)12-21/h1-4,8,13-15H,5-7,9-12,22H2,(H,24,25). The summed E-state index contributed by atoms with van der Waals surface area (Å²) >= 11 is 0. The van der Waals surface area contributed by atoms with Gasteiger partial charge in [-0.15, -0.1) is 0 Å². The highest BCUT2D eigenvalue weighted by molar-refractivity contribution is 5.88. The molecule has 4 bridgehead atoms. The number of carbonyl (C=O) groups excluding carboxylic acids is 1. The lowest BCUT2D eigenvalue weighted by molar-refractivity contribution is -0.120. The highest BCUT2D eigenvalue weighted by Gasteiger charge is 2.52. The Bertz CT molecular complexity index is 809. The normalized spacial score (nSPS) is 32.9. The monoisotopic (exact) mass is 335 g/mol. The molecule has 3 N–H and O–H groups in total. The lowest BCUT2D eigenvalue weighted by Gasteiger charge is -2.56. The first-order valence-corrected chi connectivity index (χ1v) is 9.54. The maximum atomic E-state index is 11.9. The Balaban J connectivity index is 1.63. The highest BCUT2D eigenvalue weighted by atomic mass is 16.2. The fourth-order valence-electron chi connectivity index (χ4n) is 6.31. The number of nitrogens with zero attached hydrogens (tertiary/aromatic N) is 1. The van der Waals surface area contributed by atoms with Gasteiger partial charge in [0.15, 0.2) is 0 Å². The second-order valence-electron chi connectivity index (χ2n) is 8.63. The van der Waals surface area contributed by atoms with E-state index >= 15 is 0 Å². The van der Waals surface area contributed by atoms with E-state index in [4.69, 9.17) is 10.8 Å². The summed E-state index contributed by atoms with van der Waals surface area (Å²) in [6.07, 6.45) is 8.45. The number of aromatic nitrogens is 1. The van der Waals surface area contributed by atoms with Gasteiger partial charge in [0.05, 0.1) is 11.9 Å². The Morgan fingerprint density at radius 2 is 1.76 bits per heavy atom. The van der Waals surface area contributed by atoms with Crippen LogP contribution in [-0.4, -0.2) is 10.9 Å². The molecule has 25 heavy (non-hydrogen) atoms. The maximum absolute atomic E-state index is 11.9. The molecule has 0 saturated heterocycles. The Kier molecular flexibility index (Phi) is 3.39. The molecule has 4 fully saturated rings. The zero-order valence-corrected chi connectivity index (χ0v) is 14.5. The summed E-state index contributed by atoms with van der Waals surface area (Å²) in [5, 5.41) is 1.07. The summed E-state index contributed by atoms with van der Waals surface area (Å²) in [5.41, 5.74) is 5.81. The minimum atomic E-state index is -0.146. The third-order valence-corrected chi connectivity index (χ3v) is 6.90. The number of pyridine rings is 1. The minimum absolute atomic E-state index is 0.146. The van der Waals surface area contributed by atoms with E-state index < -0.39 is 0 Å². The quantitative estimate of drug-likeness (QED) is 0.514. The fourth-order valence-corrected chi connectivity index (χ4v) is 6.31. The van der Waals surface area contributed by atoms with Gasteiger partial charge in [-0.05, 0) is 74.0 Å². The average molecular weight is 335 g/mol. The molecule has 0 aliphatic heterocycles. The summed E-state index contributed by atoms with van der Waals surface area (Å²) in [6, 6.07) is 10.4. The Morgan fingerprint density at radius 3 is 2.40 bits per heavy atom. The van der Waals surface area contributed by atoms with Gasteiger partial charge in [0.2, 0.25) is 5.91 Å². The lowest BCUT2D eigenvalue weighted by Crippen LogP contribution is -2.49. The largest absolute Gasteiger partial charge is 0.294 e. The Morgan fingerprint density at radius 1 is 1.12 bits per heavy atom. The van der Waals surface area contributed by atoms with Crippen molar-refractivity contribution in [1.29, 1.82) is 0 Å². The molecule has 2 aromatic rings. The lowest BCUT2D eigenvalue weighted by atomic mass is 9.48. The van der Waals surface area contributed by atoms with E-state index in [1.807, 2.05) is 12.1 Å². The number of amides is 1. The van der Waals surface area contributed by atoms with Crippen molar-refractivity contribution in [1.82, 2.24) is 10.4 Å². The number of fused-ring (bicyclic) bond motifs is 1. The predicted octanol–water partition coefficient (Wildman–Crippen LogP) is 3.24. The van der Waals surface area contributed by atoms with Gasteiger partial charge in [0.25, 0.3) is 0 Å². The number of para-hydroxylation sites is 1. The van der Waals surface area contributed by atoms with Crippen molar-refractivity contribution >= 4 is 16.8 Å². The summed E-state index contributed by atoms with van der Waals surface area (Å²) in [4.78, 5) is 17.0. The van der Waals surface area contributed by atoms with Crippen LogP contribution in [0.5, 0.6) is 0 Å². The number of hydrogen-bond acceptors (Lipinski definition) is 3. The molecule has 0 radical (unpaired) electrons. The van der Waals surface area contributed by atoms with E-state index in [1.165, 1.54) is 44.2 Å². The first kappa shape index (κ1) is 15.3. The van der Waals surface area contributed by atoms with Crippen LogP contribution in [0, 0.1) is 17.8 Å². The summed E-state index contributed by atoms with van der Waals surface area (Å²) in [6.45, 7) is 0. The molecule has 1 aromatic carbocycles. The van der Waals surface area contributed by atoms with Crippen LogP contribution in [0.15, 0.2) is 30.3 Å². The van der Waals surface area contributed by atoms with Gasteiger partial charge in [-0.2, -0.15) is 0 Å². The van der Waals surface area contributed by atoms with Crippen LogP contribution < -0.4 is 11.3 Å². The smallest absolute Gasteiger partial charge is 0.238 e. The van der Waals surface area contributed by atoms with E-state index in [-0.39, 0.29) is 11.3 Å². The van der Waals surface area contributed by atoms with E-state index in [0.717, 1.165) is 34.2 Å². The zero-order valence-electron chi connectivity index (χ0n) is 14.5. The number of hydrazine groups is 1. The molecule has 0 spiro atoms. The molecule has 6 rings (SSSR count). The van der Waals surface area contributed by atoms with Crippen LogP contribution in [0.25, 0.3) is 10.9 Å². The molecule has 1 heterocycles. The van der Waals surface area contributed by atoms with Gasteiger partial charge in [0, 0.05) is 16.5 Å². The molecule has 1 aromatic heterocycles. The van der Waals surface area contributed by atoms with Crippen molar-refractivity contribution in [3.05, 3.63) is 41.6 Å². The Hall–Kier alpha value is -1.94. The molecule has 4 heteroatoms. The number of carbonyl (C=O) groups is 1. The number of nitrogens with one attached hydrogen (secondary N) is 1. The molecule has 0 unspecified atom stereocenters. The number of benzene rings is 1. The summed E-state index contributed by atoms with van der Waals surface area (Å²) in [5.74, 6) is 7.84. The van der Waals surface area contributed by atoms with Crippen molar-refractivity contribution in [3.63, 3.8) is 0 Å². The molecule has 4 saturated carbocycles. The second kappa shape index (κ2) is 5.53. The van der Waals surface area contributed by atoms with Crippen molar-refractivity contribution in [2.24, 2.45) is 23.6 Å². The van der Waals surface area contributed by atoms with Crippen molar-refractivity contribution < 1.29 is 4.79 Å². The topological polar surface area (TPSA) is 68.0 Å². The van der Waals surface area contributed by atoms with Gasteiger partial charge in [0.1, 0.15) is 0 Å². The van der Waals surface area contributed by atoms with Crippen LogP contribution in [0.1, 0.15) is 49.8 Å². The van der Waals surface area contributed by atoms with Crippen LogP contribution in [0.4, 0.5) is 0 Å². The van der Waals surface area contributed by atoms with Crippen LogP contribution in [0.2, 0.25) is 0 Å². The van der Waals surface area contributed by atoms with Gasteiger partial charge in [-0.25, -0.2) is 5.84 Å². The third-order valence-electron chi connectivity index (χ3n) is 6.90. The molecule has 0 atom stereocenters. The summed E-state index contributed by atoms with van der Waals surface area (Å²) < 4.78 is 0. The third kappa shape index (κ3) is 2.46. The minimum Gasteiger partial charge on any atom is -0.294 e. The molecule has 4 nitrogen and oxygen atoms in total. The van der Waals surface area contributed by atoms with Gasteiger partial charge < -0.3 is 0 Å². The summed E-state index contributed by atoms with van der Waals surface area (Å²) in [7, 11) is 0. The van der Waals surface area contributed by atoms with Crippen molar-refractivity contribution in [2.75, 3.05) is 0 Å². The fraction of sp³-hybridized carbons (Fsp3) is 0.524. The first-order valence-electron chi connectivity index (χ1n) is 9.54. The van der Waals surface area contributed by atoms with Crippen LogP contribution >= 0.6 is 0 Å². The van der Waals surface area contributed by atoms with E-state index in [2.05, 4.69) is 23.6 Å². The van der Waals surface area contributed by atoms with Crippen molar-refractivity contribution in [3.8, 4) is 0 Å². The molecule has 1 amide bonds. The number of nitrogens with two attached hydrogens (primary N) is 1. The number of hydrogen-bond donors (Lipinski definition) is 2. The number of rotatable bonds is 3. The van der Waals surface area contributed by atoms with Gasteiger partial charge in [-0.3, -0.25) is 15.2 Å². The van der Waals surface area contributed by atoms with Crippen LogP contribution in [-0.2, 0) is 16.6 Å². The van der Waals surface area contributed by atoms with Gasteiger partial charge >= 0.3 is 0 Å². The van der Waals surface area contributed by atoms with E-state index in [0.29, 0.717) is 6.42 Å². The average Bonchev–Trinajstić information content (AvgIpc) is 2.60. The second-order valence-corrected chi connectivity index (χ2v) is 8.63. The SMILES string of the molecule is NNC(=O)Cc1cc(C23CC4CC(CC(C4)C2)C3)nc2ccccc12. The van der Waals surface area contributed by atoms with E-state index in [1.54, 1.807) is 0 Å². The molecule has 4 aliphatic carbocycles. The highest BCUT2D eigenvalue weighted by Crippen LogP contribution is 2.60. The maximum Gasteiger partial charge on any atom is 0.238 e. The predicted molar refractivity (Wildman–Crippen MR) is 97.6 cm³/mol. The van der Waals surface area contributed by atoms with E-state index in [9.17, 15) is 4.79 Å². The molecular weight excluding hydrogens is 310 g/mol. The van der Waals surface area contributed by atoms with Crippen LogP contribution in [0.3, 0.4) is 0 Å². The zero-order chi connectivity index (χ0) is 17.0.